The lowest BCUT2D eigenvalue weighted by molar-refractivity contribution is -0.145. The monoisotopic (exact) mass is 255 g/mol. The summed E-state index contributed by atoms with van der Waals surface area (Å²) in [5.74, 6) is 0.729. The number of hydrogen-bond acceptors (Lipinski definition) is 5. The van der Waals surface area contributed by atoms with Gasteiger partial charge in [0.2, 0.25) is 0 Å². The first-order valence-electron chi connectivity index (χ1n) is 5.44. The van der Waals surface area contributed by atoms with E-state index in [4.69, 9.17) is 16.3 Å². The van der Waals surface area contributed by atoms with Crippen LogP contribution in [-0.4, -0.2) is 36.4 Å². The Morgan fingerprint density at radius 1 is 1.47 bits per heavy atom. The number of hydrogen-bond donors (Lipinski definition) is 0. The van der Waals surface area contributed by atoms with Gasteiger partial charge in [-0.05, 0) is 18.1 Å². The molecule has 0 spiro atoms. The minimum atomic E-state index is -0.165. The molecule has 0 aliphatic carbocycles. The van der Waals surface area contributed by atoms with E-state index in [9.17, 15) is 4.79 Å². The van der Waals surface area contributed by atoms with Gasteiger partial charge in [-0.3, -0.25) is 4.79 Å². The molecular formula is C11H14ClN3O2. The van der Waals surface area contributed by atoms with Gasteiger partial charge in [-0.2, -0.15) is 0 Å². The fourth-order valence-corrected chi connectivity index (χ4v) is 2.19. The summed E-state index contributed by atoms with van der Waals surface area (Å²) in [6.07, 6.45) is 0. The van der Waals surface area contributed by atoms with Crippen molar-refractivity contribution >= 4 is 23.4 Å². The molecule has 0 saturated carbocycles. The van der Waals surface area contributed by atoms with Crippen LogP contribution >= 0.6 is 11.6 Å². The summed E-state index contributed by atoms with van der Waals surface area (Å²) in [6.45, 7) is 3.42. The molecule has 1 aliphatic rings. The first-order valence-corrected chi connectivity index (χ1v) is 5.81. The Bertz CT molecular complexity index is 410. The van der Waals surface area contributed by atoms with Crippen LogP contribution in [0.5, 0.6) is 0 Å². The molecule has 2 rings (SSSR count). The predicted molar refractivity (Wildman–Crippen MR) is 63.9 cm³/mol. The van der Waals surface area contributed by atoms with E-state index in [1.165, 1.54) is 7.11 Å². The standard InChI is InChI=1S/C11H14ClN3O2/c1-7-5-15(6-8(7)11(16)17-2)10-4-3-9(12)13-14-10/h3-4,7-8H,5-6H2,1-2H3. The fourth-order valence-electron chi connectivity index (χ4n) is 2.09. The minimum Gasteiger partial charge on any atom is -0.469 e. The molecule has 1 fully saturated rings. The second kappa shape index (κ2) is 4.87. The third-order valence-electron chi connectivity index (χ3n) is 3.06. The third kappa shape index (κ3) is 2.49. The highest BCUT2D eigenvalue weighted by Gasteiger charge is 2.36. The molecule has 0 N–H and O–H groups in total. The van der Waals surface area contributed by atoms with Crippen molar-refractivity contribution in [2.45, 2.75) is 6.92 Å². The third-order valence-corrected chi connectivity index (χ3v) is 3.26. The van der Waals surface area contributed by atoms with Gasteiger partial charge in [0.05, 0.1) is 13.0 Å². The zero-order valence-corrected chi connectivity index (χ0v) is 10.5. The van der Waals surface area contributed by atoms with Crippen molar-refractivity contribution < 1.29 is 9.53 Å². The molecule has 5 nitrogen and oxygen atoms in total. The van der Waals surface area contributed by atoms with Crippen LogP contribution in [0.4, 0.5) is 5.82 Å². The number of esters is 1. The van der Waals surface area contributed by atoms with E-state index < -0.39 is 0 Å². The number of methoxy groups -OCH3 is 1. The maximum atomic E-state index is 11.5. The van der Waals surface area contributed by atoms with Crippen molar-refractivity contribution in [3.05, 3.63) is 17.3 Å². The summed E-state index contributed by atoms with van der Waals surface area (Å²) >= 11 is 5.68. The van der Waals surface area contributed by atoms with Gasteiger partial charge < -0.3 is 9.64 Å². The van der Waals surface area contributed by atoms with E-state index >= 15 is 0 Å². The molecule has 6 heteroatoms. The average Bonchev–Trinajstić information content (AvgIpc) is 2.71. The van der Waals surface area contributed by atoms with Crippen molar-refractivity contribution in [2.75, 3.05) is 25.1 Å². The van der Waals surface area contributed by atoms with Crippen LogP contribution in [0, 0.1) is 11.8 Å². The number of carbonyl (C=O) groups is 1. The highest BCUT2D eigenvalue weighted by Crippen LogP contribution is 2.27. The quantitative estimate of drug-likeness (QED) is 0.748. The van der Waals surface area contributed by atoms with Crippen molar-refractivity contribution in [3.63, 3.8) is 0 Å². The van der Waals surface area contributed by atoms with Gasteiger partial charge in [0.25, 0.3) is 0 Å². The molecular weight excluding hydrogens is 242 g/mol. The van der Waals surface area contributed by atoms with Crippen LogP contribution in [0.25, 0.3) is 0 Å². The maximum absolute atomic E-state index is 11.5. The largest absolute Gasteiger partial charge is 0.469 e. The van der Waals surface area contributed by atoms with Gasteiger partial charge in [-0.25, -0.2) is 0 Å². The second-order valence-corrected chi connectivity index (χ2v) is 4.61. The molecule has 2 atom stereocenters. The van der Waals surface area contributed by atoms with Crippen LogP contribution in [0.3, 0.4) is 0 Å². The van der Waals surface area contributed by atoms with E-state index in [-0.39, 0.29) is 17.8 Å². The van der Waals surface area contributed by atoms with Crippen LogP contribution in [0.15, 0.2) is 12.1 Å². The van der Waals surface area contributed by atoms with E-state index in [0.717, 1.165) is 12.4 Å². The number of aromatic nitrogens is 2. The summed E-state index contributed by atoms with van der Waals surface area (Å²) in [4.78, 5) is 13.6. The van der Waals surface area contributed by atoms with Crippen molar-refractivity contribution in [1.82, 2.24) is 10.2 Å². The van der Waals surface area contributed by atoms with Crippen LogP contribution in [0.2, 0.25) is 5.15 Å². The lowest BCUT2D eigenvalue weighted by atomic mass is 9.99. The van der Waals surface area contributed by atoms with Gasteiger partial charge in [-0.15, -0.1) is 10.2 Å². The molecule has 1 saturated heterocycles. The Hall–Kier alpha value is -1.36. The Balaban J connectivity index is 2.10. The lowest BCUT2D eigenvalue weighted by Gasteiger charge is -2.15. The summed E-state index contributed by atoms with van der Waals surface area (Å²) in [6, 6.07) is 3.50. The Morgan fingerprint density at radius 3 is 2.82 bits per heavy atom. The lowest BCUT2D eigenvalue weighted by Crippen LogP contribution is -2.24. The Labute approximate surface area is 105 Å². The second-order valence-electron chi connectivity index (χ2n) is 4.23. The molecule has 0 radical (unpaired) electrons. The number of ether oxygens (including phenoxy) is 1. The van der Waals surface area contributed by atoms with Gasteiger partial charge >= 0.3 is 5.97 Å². The summed E-state index contributed by atoms with van der Waals surface area (Å²) < 4.78 is 4.79. The van der Waals surface area contributed by atoms with Crippen molar-refractivity contribution in [1.29, 1.82) is 0 Å². The normalized spacial score (nSPS) is 23.8. The molecule has 17 heavy (non-hydrogen) atoms. The van der Waals surface area contributed by atoms with Gasteiger partial charge in [0.15, 0.2) is 11.0 Å². The molecule has 92 valence electrons. The predicted octanol–water partition coefficient (Wildman–Crippen LogP) is 1.38. The Morgan fingerprint density at radius 2 is 2.24 bits per heavy atom. The number of rotatable bonds is 2. The molecule has 1 aromatic rings. The highest BCUT2D eigenvalue weighted by atomic mass is 35.5. The molecule has 1 aliphatic heterocycles. The van der Waals surface area contributed by atoms with Gasteiger partial charge in [0.1, 0.15) is 0 Å². The Kier molecular flexibility index (Phi) is 3.47. The SMILES string of the molecule is COC(=O)C1CN(c2ccc(Cl)nn2)CC1C. The molecule has 0 amide bonds. The number of carbonyl (C=O) groups excluding carboxylic acids is 1. The smallest absolute Gasteiger partial charge is 0.310 e. The van der Waals surface area contributed by atoms with E-state index in [0.29, 0.717) is 11.7 Å². The fraction of sp³-hybridized carbons (Fsp3) is 0.545. The molecule has 2 heterocycles. The van der Waals surface area contributed by atoms with Crippen LogP contribution in [0.1, 0.15) is 6.92 Å². The topological polar surface area (TPSA) is 55.3 Å². The zero-order chi connectivity index (χ0) is 12.4. The van der Waals surface area contributed by atoms with Gasteiger partial charge in [0, 0.05) is 13.1 Å². The first-order chi connectivity index (χ1) is 8.11. The first kappa shape index (κ1) is 12.1. The van der Waals surface area contributed by atoms with Crippen molar-refractivity contribution in [2.24, 2.45) is 11.8 Å². The van der Waals surface area contributed by atoms with Gasteiger partial charge in [-0.1, -0.05) is 18.5 Å². The summed E-state index contributed by atoms with van der Waals surface area (Å²) in [5, 5.41) is 8.17. The minimum absolute atomic E-state index is 0.0996. The highest BCUT2D eigenvalue weighted by molar-refractivity contribution is 6.29. The number of nitrogens with zero attached hydrogens (tertiary/aromatic N) is 3. The van der Waals surface area contributed by atoms with Crippen LogP contribution < -0.4 is 4.90 Å². The number of halogens is 1. The molecule has 0 bridgehead atoms. The molecule has 1 aromatic heterocycles. The molecule has 0 aromatic carbocycles. The molecule has 2 unspecified atom stereocenters. The summed E-state index contributed by atoms with van der Waals surface area (Å²) in [7, 11) is 1.42. The van der Waals surface area contributed by atoms with Crippen molar-refractivity contribution in [3.8, 4) is 0 Å². The van der Waals surface area contributed by atoms with E-state index in [1.807, 2.05) is 17.9 Å². The average molecular weight is 256 g/mol. The zero-order valence-electron chi connectivity index (χ0n) is 9.76. The van der Waals surface area contributed by atoms with Crippen LogP contribution in [-0.2, 0) is 9.53 Å². The maximum Gasteiger partial charge on any atom is 0.310 e. The van der Waals surface area contributed by atoms with E-state index in [2.05, 4.69) is 10.2 Å². The van der Waals surface area contributed by atoms with E-state index in [1.54, 1.807) is 6.07 Å². The summed E-state index contributed by atoms with van der Waals surface area (Å²) in [5.41, 5.74) is 0. The number of anilines is 1.